The minimum atomic E-state index is -1.14. The molecule has 0 atom stereocenters. The van der Waals surface area contributed by atoms with Crippen molar-refractivity contribution in [2.45, 2.75) is 12.5 Å². The van der Waals surface area contributed by atoms with Crippen LogP contribution in [0.4, 0.5) is 0 Å². The Balaban J connectivity index is 2.01. The third-order valence-corrected chi connectivity index (χ3v) is 4.51. The fraction of sp³-hybridized carbons (Fsp3) is 0.118. The van der Waals surface area contributed by atoms with Gasteiger partial charge < -0.3 is 15.1 Å². The highest BCUT2D eigenvalue weighted by atomic mass is 32.1. The van der Waals surface area contributed by atoms with Crippen molar-refractivity contribution >= 4 is 23.3 Å². The van der Waals surface area contributed by atoms with E-state index in [4.69, 9.17) is 0 Å². The number of aromatic nitrogens is 1. The highest BCUT2D eigenvalue weighted by Crippen LogP contribution is 2.38. The lowest BCUT2D eigenvalue weighted by Crippen LogP contribution is -2.27. The molecule has 0 fully saturated rings. The van der Waals surface area contributed by atoms with Crippen molar-refractivity contribution in [1.82, 2.24) is 9.88 Å². The van der Waals surface area contributed by atoms with Gasteiger partial charge in [-0.05, 0) is 5.56 Å². The Hall–Kier alpha value is -2.93. The number of carboxylic acids is 2. The van der Waals surface area contributed by atoms with Gasteiger partial charge in [-0.2, -0.15) is 0 Å². The maximum atomic E-state index is 11.7. The van der Waals surface area contributed by atoms with Crippen LogP contribution in [0, 0.1) is 0 Å². The zero-order valence-electron chi connectivity index (χ0n) is 12.5. The van der Waals surface area contributed by atoms with E-state index in [2.05, 4.69) is 4.98 Å². The average molecular weight is 342 g/mol. The van der Waals surface area contributed by atoms with E-state index in [9.17, 15) is 19.8 Å². The number of nitrogens with zero attached hydrogens (tertiary/aromatic N) is 2. The molecule has 1 aliphatic heterocycles. The molecule has 1 aromatic carbocycles. The van der Waals surface area contributed by atoms with Crippen molar-refractivity contribution in [2.75, 3.05) is 0 Å². The summed E-state index contributed by atoms with van der Waals surface area (Å²) in [6.45, 7) is 0.393. The summed E-state index contributed by atoms with van der Waals surface area (Å²) < 4.78 is 0. The van der Waals surface area contributed by atoms with Crippen molar-refractivity contribution in [1.29, 1.82) is 0 Å². The molecule has 0 saturated carbocycles. The van der Waals surface area contributed by atoms with E-state index in [1.54, 1.807) is 10.4 Å². The van der Waals surface area contributed by atoms with Crippen molar-refractivity contribution in [3.63, 3.8) is 0 Å². The van der Waals surface area contributed by atoms with Gasteiger partial charge in [0.05, 0.1) is 22.6 Å². The smallest absolute Gasteiger partial charge is 0.334 e. The Labute approximate surface area is 142 Å². The van der Waals surface area contributed by atoms with Crippen LogP contribution in [0.2, 0.25) is 0 Å². The van der Waals surface area contributed by atoms with Crippen LogP contribution in [-0.2, 0) is 16.1 Å². The maximum absolute atomic E-state index is 11.7. The van der Waals surface area contributed by atoms with Crippen LogP contribution in [0.5, 0.6) is 0 Å². The summed E-state index contributed by atoms with van der Waals surface area (Å²) in [5.41, 5.74) is 2.56. The van der Waals surface area contributed by atoms with Gasteiger partial charge in [-0.25, -0.2) is 9.59 Å². The second-order valence-corrected chi connectivity index (χ2v) is 6.19. The molecule has 1 aliphatic rings. The van der Waals surface area contributed by atoms with Gasteiger partial charge in [0.2, 0.25) is 0 Å². The summed E-state index contributed by atoms with van der Waals surface area (Å²) in [5, 5.41) is 19.1. The summed E-state index contributed by atoms with van der Waals surface area (Å²) in [5.74, 6) is -3.10. The second-order valence-electron chi connectivity index (χ2n) is 5.27. The van der Waals surface area contributed by atoms with E-state index in [1.807, 2.05) is 30.3 Å². The number of benzene rings is 1. The van der Waals surface area contributed by atoms with Gasteiger partial charge in [-0.15, -0.1) is 11.3 Å². The normalized spacial score (nSPS) is 14.9. The van der Waals surface area contributed by atoms with Crippen LogP contribution >= 0.6 is 11.3 Å². The van der Waals surface area contributed by atoms with Crippen LogP contribution in [0.25, 0.3) is 0 Å². The molecule has 7 heteroatoms. The monoisotopic (exact) mass is 342 g/mol. The molecule has 122 valence electrons. The van der Waals surface area contributed by atoms with E-state index in [1.165, 1.54) is 29.9 Å². The molecule has 0 spiro atoms. The molecule has 2 heterocycles. The van der Waals surface area contributed by atoms with E-state index in [0.29, 0.717) is 11.4 Å². The molecule has 0 bridgehead atoms. The molecule has 3 rings (SSSR count). The van der Waals surface area contributed by atoms with E-state index >= 15 is 0 Å². The quantitative estimate of drug-likeness (QED) is 0.868. The Kier molecular flexibility index (Phi) is 4.43. The van der Waals surface area contributed by atoms with Crippen molar-refractivity contribution in [3.8, 4) is 0 Å². The third kappa shape index (κ3) is 3.21. The summed E-state index contributed by atoms with van der Waals surface area (Å²) in [6.07, 6.45) is 4.49. The summed E-state index contributed by atoms with van der Waals surface area (Å²) >= 11 is 1.24. The second kappa shape index (κ2) is 6.67. The average Bonchev–Trinajstić information content (AvgIpc) is 3.09. The first-order chi connectivity index (χ1) is 11.6. The van der Waals surface area contributed by atoms with Crippen LogP contribution in [0.15, 0.2) is 65.6 Å². The number of rotatable bonds is 5. The maximum Gasteiger partial charge on any atom is 0.334 e. The number of hydrogen-bond acceptors (Lipinski definition) is 5. The van der Waals surface area contributed by atoms with E-state index < -0.39 is 17.9 Å². The molecular formula is C17H14N2O4S. The molecule has 0 radical (unpaired) electrons. The summed E-state index contributed by atoms with van der Waals surface area (Å²) in [4.78, 5) is 29.5. The molecule has 24 heavy (non-hydrogen) atoms. The Morgan fingerprint density at radius 3 is 2.21 bits per heavy atom. The number of carbonyl (C=O) groups is 2. The highest BCUT2D eigenvalue weighted by molar-refractivity contribution is 7.09. The molecule has 0 aliphatic carbocycles. The van der Waals surface area contributed by atoms with Crippen molar-refractivity contribution < 1.29 is 19.8 Å². The van der Waals surface area contributed by atoms with Gasteiger partial charge in [0.25, 0.3) is 0 Å². The zero-order chi connectivity index (χ0) is 17.1. The number of thiazole rings is 1. The lowest BCUT2D eigenvalue weighted by molar-refractivity contribution is -0.133. The lowest BCUT2D eigenvalue weighted by atomic mass is 9.88. The van der Waals surface area contributed by atoms with Gasteiger partial charge in [0.1, 0.15) is 0 Å². The highest BCUT2D eigenvalue weighted by Gasteiger charge is 2.34. The Bertz CT molecular complexity index is 780. The van der Waals surface area contributed by atoms with Gasteiger partial charge in [-0.3, -0.25) is 4.98 Å². The molecule has 0 unspecified atom stereocenters. The van der Waals surface area contributed by atoms with Crippen molar-refractivity contribution in [2.24, 2.45) is 0 Å². The topological polar surface area (TPSA) is 90.7 Å². The Morgan fingerprint density at radius 1 is 1.08 bits per heavy atom. The third-order valence-electron chi connectivity index (χ3n) is 3.67. The largest absolute Gasteiger partial charge is 0.478 e. The SMILES string of the molecule is O=C(O)C1=CN(Cc2ccccc2)C=C(C(=O)O)C1c1cncs1. The van der Waals surface area contributed by atoms with Crippen LogP contribution < -0.4 is 0 Å². The van der Waals surface area contributed by atoms with Gasteiger partial charge in [-0.1, -0.05) is 30.3 Å². The Morgan fingerprint density at radius 2 is 1.71 bits per heavy atom. The molecule has 2 N–H and O–H groups in total. The standard InChI is InChI=1S/C17H14N2O4S/c20-16(21)12-8-19(7-11-4-2-1-3-5-11)9-13(17(22)23)15(12)14-6-18-10-24-14/h1-6,8-10,15H,7H2,(H,20,21)(H,22,23). The molecule has 6 nitrogen and oxygen atoms in total. The zero-order valence-corrected chi connectivity index (χ0v) is 13.3. The fourth-order valence-corrected chi connectivity index (χ4v) is 3.38. The number of carboxylic acid groups (broad SMARTS) is 2. The summed E-state index contributed by atoms with van der Waals surface area (Å²) in [7, 11) is 0. The van der Waals surface area contributed by atoms with Gasteiger partial charge >= 0.3 is 11.9 Å². The number of aliphatic carboxylic acids is 2. The fourth-order valence-electron chi connectivity index (χ4n) is 2.63. The molecule has 2 aromatic rings. The van der Waals surface area contributed by atoms with Gasteiger partial charge in [0.15, 0.2) is 0 Å². The molecule has 0 saturated heterocycles. The van der Waals surface area contributed by atoms with Crippen LogP contribution in [0.1, 0.15) is 16.4 Å². The minimum absolute atomic E-state index is 0.0232. The molecule has 0 amide bonds. The molecular weight excluding hydrogens is 328 g/mol. The summed E-state index contributed by atoms with van der Waals surface area (Å²) in [6, 6.07) is 9.44. The van der Waals surface area contributed by atoms with Crippen LogP contribution in [-0.4, -0.2) is 32.0 Å². The van der Waals surface area contributed by atoms with Crippen LogP contribution in [0.3, 0.4) is 0 Å². The van der Waals surface area contributed by atoms with E-state index in [0.717, 1.165) is 5.56 Å². The predicted molar refractivity (Wildman–Crippen MR) is 88.3 cm³/mol. The molecule has 1 aromatic heterocycles. The van der Waals surface area contributed by atoms with Gasteiger partial charge in [0, 0.05) is 30.0 Å². The van der Waals surface area contributed by atoms with E-state index in [-0.39, 0.29) is 11.1 Å². The first kappa shape index (κ1) is 15.9. The number of hydrogen-bond donors (Lipinski definition) is 2. The first-order valence-electron chi connectivity index (χ1n) is 7.14. The van der Waals surface area contributed by atoms with Crippen molar-refractivity contribution in [3.05, 3.63) is 76.0 Å². The first-order valence-corrected chi connectivity index (χ1v) is 8.02. The minimum Gasteiger partial charge on any atom is -0.478 e. The predicted octanol–water partition coefficient (Wildman–Crippen LogP) is 2.68. The lowest BCUT2D eigenvalue weighted by Gasteiger charge is -2.28.